The lowest BCUT2D eigenvalue weighted by molar-refractivity contribution is -0.117. The van der Waals surface area contributed by atoms with E-state index in [-0.39, 0.29) is 11.7 Å². The van der Waals surface area contributed by atoms with Crippen LogP contribution in [-0.2, 0) is 4.79 Å². The number of carbonyl (C=O) groups is 2. The summed E-state index contributed by atoms with van der Waals surface area (Å²) in [6.45, 7) is 7.78. The van der Waals surface area contributed by atoms with Crippen LogP contribution in [0.2, 0.25) is 0 Å². The van der Waals surface area contributed by atoms with Crippen molar-refractivity contribution in [2.75, 3.05) is 5.32 Å². The summed E-state index contributed by atoms with van der Waals surface area (Å²) in [5.41, 5.74) is 5.41. The Morgan fingerprint density at radius 1 is 1.19 bits per heavy atom. The molecule has 0 fully saturated rings. The fourth-order valence-electron chi connectivity index (χ4n) is 2.98. The summed E-state index contributed by atoms with van der Waals surface area (Å²) >= 11 is 1.35. The Balaban J connectivity index is 1.69. The molecule has 2 N–H and O–H groups in total. The number of hydrogen-bond donors (Lipinski definition) is 2. The van der Waals surface area contributed by atoms with Gasteiger partial charge in [0.1, 0.15) is 6.04 Å². The number of nitrogens with zero attached hydrogens (tertiary/aromatic N) is 1. The molecule has 0 saturated carbocycles. The number of nitrogens with one attached hydrogen (secondary N) is 2. The number of furan rings is 1. The molecule has 0 aliphatic heterocycles. The van der Waals surface area contributed by atoms with Crippen LogP contribution in [0.4, 0.5) is 5.13 Å². The van der Waals surface area contributed by atoms with Crippen molar-refractivity contribution >= 4 is 28.3 Å². The summed E-state index contributed by atoms with van der Waals surface area (Å²) in [4.78, 5) is 28.9. The zero-order chi connectivity index (χ0) is 19.6. The molecule has 0 aliphatic carbocycles. The van der Waals surface area contributed by atoms with E-state index in [1.807, 2.05) is 5.38 Å². The lowest BCUT2D eigenvalue weighted by atomic mass is 9.98. The second-order valence-corrected chi connectivity index (χ2v) is 7.33. The van der Waals surface area contributed by atoms with E-state index >= 15 is 0 Å². The predicted octanol–water partition coefficient (Wildman–Crippen LogP) is 4.09. The summed E-state index contributed by atoms with van der Waals surface area (Å²) in [5.74, 6) is -0.613. The average molecular weight is 383 g/mol. The number of aromatic nitrogens is 1. The first kappa shape index (κ1) is 18.8. The van der Waals surface area contributed by atoms with E-state index in [1.54, 1.807) is 19.1 Å². The van der Waals surface area contributed by atoms with E-state index in [4.69, 9.17) is 4.42 Å². The molecule has 1 atom stereocenters. The average Bonchev–Trinajstić information content (AvgIpc) is 3.26. The van der Waals surface area contributed by atoms with Crippen LogP contribution in [0.3, 0.4) is 0 Å². The van der Waals surface area contributed by atoms with E-state index in [0.29, 0.717) is 5.13 Å². The Bertz CT molecular complexity index is 953. The van der Waals surface area contributed by atoms with Crippen molar-refractivity contribution in [1.82, 2.24) is 10.3 Å². The van der Waals surface area contributed by atoms with Crippen molar-refractivity contribution in [2.24, 2.45) is 0 Å². The van der Waals surface area contributed by atoms with Crippen molar-refractivity contribution < 1.29 is 14.0 Å². The highest BCUT2D eigenvalue weighted by Gasteiger charge is 2.19. The van der Waals surface area contributed by atoms with Crippen LogP contribution in [0.5, 0.6) is 0 Å². The van der Waals surface area contributed by atoms with Gasteiger partial charge in [-0.05, 0) is 51.0 Å². The van der Waals surface area contributed by atoms with E-state index in [2.05, 4.69) is 48.5 Å². The van der Waals surface area contributed by atoms with Crippen molar-refractivity contribution in [3.8, 4) is 11.3 Å². The molecule has 0 spiro atoms. The molecule has 2 heterocycles. The fraction of sp³-hybridized carbons (Fsp3) is 0.250. The highest BCUT2D eigenvalue weighted by atomic mass is 32.1. The van der Waals surface area contributed by atoms with Crippen LogP contribution in [0.25, 0.3) is 11.3 Å². The van der Waals surface area contributed by atoms with E-state index in [0.717, 1.165) is 22.4 Å². The normalized spacial score (nSPS) is 11.9. The highest BCUT2D eigenvalue weighted by Crippen LogP contribution is 2.31. The van der Waals surface area contributed by atoms with Gasteiger partial charge in [-0.25, -0.2) is 4.98 Å². The topological polar surface area (TPSA) is 84.2 Å². The second-order valence-electron chi connectivity index (χ2n) is 6.47. The summed E-state index contributed by atoms with van der Waals surface area (Å²) in [5, 5.41) is 7.77. The summed E-state index contributed by atoms with van der Waals surface area (Å²) in [6, 6.07) is 6.67. The van der Waals surface area contributed by atoms with Gasteiger partial charge in [0.15, 0.2) is 10.9 Å². The number of carbonyl (C=O) groups excluding carboxylic acids is 2. The molecule has 1 aromatic carbocycles. The van der Waals surface area contributed by atoms with E-state index in [1.165, 1.54) is 23.2 Å². The zero-order valence-electron chi connectivity index (χ0n) is 15.6. The van der Waals surface area contributed by atoms with Gasteiger partial charge in [0, 0.05) is 10.9 Å². The van der Waals surface area contributed by atoms with Crippen molar-refractivity contribution in [3.05, 3.63) is 58.4 Å². The van der Waals surface area contributed by atoms with E-state index < -0.39 is 11.9 Å². The number of amides is 2. The molecule has 0 bridgehead atoms. The lowest BCUT2D eigenvalue weighted by Crippen LogP contribution is -2.41. The van der Waals surface area contributed by atoms with Crippen LogP contribution in [0.15, 0.2) is 40.3 Å². The predicted molar refractivity (Wildman–Crippen MR) is 106 cm³/mol. The van der Waals surface area contributed by atoms with Crippen LogP contribution >= 0.6 is 11.3 Å². The van der Waals surface area contributed by atoms with Gasteiger partial charge in [0.25, 0.3) is 5.91 Å². The maximum Gasteiger partial charge on any atom is 0.287 e. The molecule has 3 rings (SSSR count). The monoisotopic (exact) mass is 383 g/mol. The van der Waals surface area contributed by atoms with Crippen LogP contribution in [-0.4, -0.2) is 22.8 Å². The van der Waals surface area contributed by atoms with Crippen LogP contribution in [0, 0.1) is 20.8 Å². The molecule has 3 aromatic rings. The van der Waals surface area contributed by atoms with Gasteiger partial charge in [-0.2, -0.15) is 0 Å². The molecule has 0 aliphatic rings. The minimum absolute atomic E-state index is 0.163. The third-order valence-corrected chi connectivity index (χ3v) is 4.91. The van der Waals surface area contributed by atoms with Gasteiger partial charge in [-0.3, -0.25) is 9.59 Å². The quantitative estimate of drug-likeness (QED) is 0.695. The standard InChI is InChI=1S/C20H21N3O3S/c1-11-8-12(2)17(13(3)9-11)15-10-27-20(22-15)23-18(24)14(4)21-19(25)16-6-5-7-26-16/h5-10,14H,1-4H3,(H,21,25)(H,22,23,24)/t14-/m0/s1. The number of benzene rings is 1. The molecule has 7 heteroatoms. The lowest BCUT2D eigenvalue weighted by Gasteiger charge is -2.12. The smallest absolute Gasteiger partial charge is 0.287 e. The summed E-state index contributed by atoms with van der Waals surface area (Å²) in [7, 11) is 0. The van der Waals surface area contributed by atoms with Gasteiger partial charge in [0.05, 0.1) is 12.0 Å². The molecule has 6 nitrogen and oxygen atoms in total. The molecular weight excluding hydrogens is 362 g/mol. The molecule has 0 saturated heterocycles. The Morgan fingerprint density at radius 3 is 2.52 bits per heavy atom. The molecule has 0 radical (unpaired) electrons. The van der Waals surface area contributed by atoms with Crippen molar-refractivity contribution in [2.45, 2.75) is 33.7 Å². The van der Waals surface area contributed by atoms with Gasteiger partial charge in [0.2, 0.25) is 5.91 Å². The molecular formula is C20H21N3O3S. The van der Waals surface area contributed by atoms with Gasteiger partial charge >= 0.3 is 0 Å². The minimum atomic E-state index is -0.724. The number of thiazole rings is 1. The Labute approximate surface area is 161 Å². The van der Waals surface area contributed by atoms with Gasteiger partial charge in [-0.15, -0.1) is 11.3 Å². The Hall–Kier alpha value is -2.93. The van der Waals surface area contributed by atoms with Crippen molar-refractivity contribution in [3.63, 3.8) is 0 Å². The second kappa shape index (κ2) is 7.75. The zero-order valence-corrected chi connectivity index (χ0v) is 16.4. The Kier molecular flexibility index (Phi) is 5.41. The third kappa shape index (κ3) is 4.25. The summed E-state index contributed by atoms with van der Waals surface area (Å²) < 4.78 is 5.02. The first-order valence-corrected chi connectivity index (χ1v) is 9.42. The van der Waals surface area contributed by atoms with Gasteiger partial charge < -0.3 is 15.1 Å². The molecule has 2 aromatic heterocycles. The third-order valence-electron chi connectivity index (χ3n) is 4.15. The van der Waals surface area contributed by atoms with Gasteiger partial charge in [-0.1, -0.05) is 17.7 Å². The molecule has 27 heavy (non-hydrogen) atoms. The first-order valence-electron chi connectivity index (χ1n) is 8.54. The molecule has 0 unspecified atom stereocenters. The largest absolute Gasteiger partial charge is 0.459 e. The number of anilines is 1. The Morgan fingerprint density at radius 2 is 1.89 bits per heavy atom. The number of hydrogen-bond acceptors (Lipinski definition) is 5. The maximum absolute atomic E-state index is 12.4. The molecule has 140 valence electrons. The summed E-state index contributed by atoms with van der Waals surface area (Å²) in [6.07, 6.45) is 1.41. The minimum Gasteiger partial charge on any atom is -0.459 e. The molecule has 2 amide bonds. The first-order chi connectivity index (χ1) is 12.8. The maximum atomic E-state index is 12.4. The highest BCUT2D eigenvalue weighted by molar-refractivity contribution is 7.14. The number of aryl methyl sites for hydroxylation is 3. The van der Waals surface area contributed by atoms with Crippen molar-refractivity contribution in [1.29, 1.82) is 0 Å². The van der Waals surface area contributed by atoms with Crippen LogP contribution in [0.1, 0.15) is 34.2 Å². The van der Waals surface area contributed by atoms with E-state index in [9.17, 15) is 9.59 Å². The van der Waals surface area contributed by atoms with Crippen LogP contribution < -0.4 is 10.6 Å². The SMILES string of the molecule is Cc1cc(C)c(-c2csc(NC(=O)[C@H](C)NC(=O)c3ccco3)n2)c(C)c1. The fourth-order valence-corrected chi connectivity index (χ4v) is 3.69. The number of rotatable bonds is 5.